The number of carbonyl (C=O) groups excluding carboxylic acids is 2. The highest BCUT2D eigenvalue weighted by Gasteiger charge is 2.08. The van der Waals surface area contributed by atoms with Crippen molar-refractivity contribution in [2.24, 2.45) is 11.0 Å². The fourth-order valence-corrected chi connectivity index (χ4v) is 2.48. The van der Waals surface area contributed by atoms with E-state index in [9.17, 15) is 9.59 Å². The number of anilines is 1. The molecule has 1 aromatic carbocycles. The lowest BCUT2D eigenvalue weighted by atomic mass is 10.1. The van der Waals surface area contributed by atoms with Gasteiger partial charge in [0.2, 0.25) is 5.91 Å². The standard InChI is InChI=1S/C17H19N3O2S/c1-11(2)16(21)19-14-7-5-13(6-8-14)17(22)20-18-10-15-9-4-12(3)23-15/h4-11H,1-3H3,(H,19,21)(H,20,22)/b18-10+. The van der Waals surface area contributed by atoms with Gasteiger partial charge in [-0.15, -0.1) is 11.3 Å². The van der Waals surface area contributed by atoms with E-state index < -0.39 is 0 Å². The van der Waals surface area contributed by atoms with Gasteiger partial charge in [0.25, 0.3) is 5.91 Å². The summed E-state index contributed by atoms with van der Waals surface area (Å²) in [7, 11) is 0. The van der Waals surface area contributed by atoms with Crippen LogP contribution >= 0.6 is 11.3 Å². The topological polar surface area (TPSA) is 70.6 Å². The number of rotatable bonds is 5. The Kier molecular flexibility index (Phi) is 5.65. The van der Waals surface area contributed by atoms with Crippen molar-refractivity contribution < 1.29 is 9.59 Å². The molecule has 2 aromatic rings. The van der Waals surface area contributed by atoms with Gasteiger partial charge in [0.05, 0.1) is 6.21 Å². The lowest BCUT2D eigenvalue weighted by Crippen LogP contribution is -2.19. The van der Waals surface area contributed by atoms with Gasteiger partial charge in [0.15, 0.2) is 0 Å². The number of hydrazone groups is 1. The van der Waals surface area contributed by atoms with E-state index in [4.69, 9.17) is 0 Å². The highest BCUT2D eigenvalue weighted by Crippen LogP contribution is 2.13. The quantitative estimate of drug-likeness (QED) is 0.652. The van der Waals surface area contributed by atoms with Crippen LogP contribution in [0, 0.1) is 12.8 Å². The number of carbonyl (C=O) groups is 2. The average molecular weight is 329 g/mol. The normalized spacial score (nSPS) is 11.0. The first kappa shape index (κ1) is 16.9. The van der Waals surface area contributed by atoms with Crippen LogP contribution in [0.2, 0.25) is 0 Å². The van der Waals surface area contributed by atoms with Crippen molar-refractivity contribution in [2.75, 3.05) is 5.32 Å². The first-order chi connectivity index (χ1) is 11.0. The van der Waals surface area contributed by atoms with Crippen LogP contribution in [0.25, 0.3) is 0 Å². The minimum absolute atomic E-state index is 0.0574. The van der Waals surface area contributed by atoms with E-state index >= 15 is 0 Å². The Labute approximate surface area is 139 Å². The van der Waals surface area contributed by atoms with Gasteiger partial charge in [0, 0.05) is 26.9 Å². The molecule has 0 aliphatic rings. The monoisotopic (exact) mass is 329 g/mol. The molecule has 2 rings (SSSR count). The number of thiophene rings is 1. The van der Waals surface area contributed by atoms with Gasteiger partial charge in [-0.05, 0) is 43.3 Å². The maximum absolute atomic E-state index is 12.0. The lowest BCUT2D eigenvalue weighted by molar-refractivity contribution is -0.118. The van der Waals surface area contributed by atoms with Crippen LogP contribution < -0.4 is 10.7 Å². The zero-order valence-electron chi connectivity index (χ0n) is 13.3. The maximum atomic E-state index is 12.0. The predicted octanol–water partition coefficient (Wildman–Crippen LogP) is 3.41. The number of hydrogen-bond acceptors (Lipinski definition) is 4. The van der Waals surface area contributed by atoms with E-state index in [0.29, 0.717) is 11.3 Å². The summed E-state index contributed by atoms with van der Waals surface area (Å²) < 4.78 is 0. The molecule has 2 amide bonds. The smallest absolute Gasteiger partial charge is 0.271 e. The summed E-state index contributed by atoms with van der Waals surface area (Å²) in [4.78, 5) is 25.7. The van der Waals surface area contributed by atoms with Crippen molar-refractivity contribution in [1.82, 2.24) is 5.43 Å². The Morgan fingerprint density at radius 3 is 2.39 bits per heavy atom. The minimum Gasteiger partial charge on any atom is -0.326 e. The van der Waals surface area contributed by atoms with E-state index in [2.05, 4.69) is 15.8 Å². The van der Waals surface area contributed by atoms with Crippen molar-refractivity contribution in [3.8, 4) is 0 Å². The zero-order valence-corrected chi connectivity index (χ0v) is 14.1. The molecule has 0 atom stereocenters. The molecule has 120 valence electrons. The fourth-order valence-electron chi connectivity index (χ4n) is 1.73. The van der Waals surface area contributed by atoms with Gasteiger partial charge in [-0.2, -0.15) is 5.10 Å². The largest absolute Gasteiger partial charge is 0.326 e. The van der Waals surface area contributed by atoms with Gasteiger partial charge in [-0.25, -0.2) is 5.43 Å². The van der Waals surface area contributed by atoms with Crippen LogP contribution in [-0.2, 0) is 4.79 Å². The SMILES string of the molecule is Cc1ccc(/C=N/NC(=O)c2ccc(NC(=O)C(C)C)cc2)s1. The third-order valence-electron chi connectivity index (χ3n) is 3.06. The molecule has 0 unspecified atom stereocenters. The molecule has 1 heterocycles. The van der Waals surface area contributed by atoms with Crippen LogP contribution in [-0.4, -0.2) is 18.0 Å². The average Bonchev–Trinajstić information content (AvgIpc) is 2.93. The van der Waals surface area contributed by atoms with Crippen molar-refractivity contribution in [1.29, 1.82) is 0 Å². The molecular formula is C17H19N3O2S. The molecule has 0 saturated heterocycles. The van der Waals surface area contributed by atoms with Crippen LogP contribution in [0.15, 0.2) is 41.5 Å². The van der Waals surface area contributed by atoms with Crippen molar-refractivity contribution in [3.63, 3.8) is 0 Å². The molecule has 0 bridgehead atoms. The van der Waals surface area contributed by atoms with E-state index in [1.807, 2.05) is 32.9 Å². The van der Waals surface area contributed by atoms with Crippen molar-refractivity contribution >= 4 is 35.1 Å². The number of benzene rings is 1. The van der Waals surface area contributed by atoms with Gasteiger partial charge < -0.3 is 5.32 Å². The van der Waals surface area contributed by atoms with Gasteiger partial charge in [-0.3, -0.25) is 9.59 Å². The van der Waals surface area contributed by atoms with Crippen LogP contribution in [0.1, 0.15) is 34.0 Å². The summed E-state index contributed by atoms with van der Waals surface area (Å²) in [6.07, 6.45) is 1.62. The fraction of sp³-hybridized carbons (Fsp3) is 0.235. The van der Waals surface area contributed by atoms with Gasteiger partial charge in [0.1, 0.15) is 0 Å². The summed E-state index contributed by atoms with van der Waals surface area (Å²) in [6.45, 7) is 5.66. The van der Waals surface area contributed by atoms with E-state index in [-0.39, 0.29) is 17.7 Å². The second-order valence-corrected chi connectivity index (χ2v) is 6.69. The molecule has 0 aliphatic carbocycles. The third-order valence-corrected chi connectivity index (χ3v) is 3.99. The highest BCUT2D eigenvalue weighted by atomic mass is 32.1. The Hall–Kier alpha value is -2.47. The Morgan fingerprint density at radius 1 is 1.13 bits per heavy atom. The minimum atomic E-state index is -0.295. The number of aryl methyl sites for hydroxylation is 1. The molecule has 5 nitrogen and oxygen atoms in total. The molecule has 23 heavy (non-hydrogen) atoms. The van der Waals surface area contributed by atoms with E-state index in [1.54, 1.807) is 41.8 Å². The van der Waals surface area contributed by atoms with Crippen LogP contribution in [0.5, 0.6) is 0 Å². The number of nitrogens with one attached hydrogen (secondary N) is 2. The van der Waals surface area contributed by atoms with Crippen molar-refractivity contribution in [2.45, 2.75) is 20.8 Å². The number of hydrogen-bond donors (Lipinski definition) is 2. The molecule has 2 N–H and O–H groups in total. The Morgan fingerprint density at radius 2 is 1.83 bits per heavy atom. The summed E-state index contributed by atoms with van der Waals surface area (Å²) >= 11 is 1.60. The molecule has 0 spiro atoms. The van der Waals surface area contributed by atoms with Crippen LogP contribution in [0.3, 0.4) is 0 Å². The maximum Gasteiger partial charge on any atom is 0.271 e. The molecule has 6 heteroatoms. The summed E-state index contributed by atoms with van der Waals surface area (Å²) in [6, 6.07) is 10.6. The molecule has 0 fully saturated rings. The lowest BCUT2D eigenvalue weighted by Gasteiger charge is -2.08. The van der Waals surface area contributed by atoms with E-state index in [1.165, 1.54) is 4.88 Å². The summed E-state index contributed by atoms with van der Waals surface area (Å²) in [5, 5.41) is 6.72. The third kappa shape index (κ3) is 5.03. The summed E-state index contributed by atoms with van der Waals surface area (Å²) in [5.41, 5.74) is 3.63. The van der Waals surface area contributed by atoms with Crippen LogP contribution in [0.4, 0.5) is 5.69 Å². The molecule has 0 saturated carbocycles. The Balaban J connectivity index is 1.92. The zero-order chi connectivity index (χ0) is 16.8. The predicted molar refractivity (Wildman–Crippen MR) is 94.0 cm³/mol. The second-order valence-electron chi connectivity index (χ2n) is 5.37. The first-order valence-corrected chi connectivity index (χ1v) is 8.08. The number of amides is 2. The highest BCUT2D eigenvalue weighted by molar-refractivity contribution is 7.13. The molecule has 0 aliphatic heterocycles. The van der Waals surface area contributed by atoms with E-state index in [0.717, 1.165) is 4.88 Å². The van der Waals surface area contributed by atoms with Gasteiger partial charge >= 0.3 is 0 Å². The Bertz CT molecular complexity index is 718. The molecule has 1 aromatic heterocycles. The molecular weight excluding hydrogens is 310 g/mol. The van der Waals surface area contributed by atoms with Gasteiger partial charge in [-0.1, -0.05) is 13.8 Å². The molecule has 0 radical (unpaired) electrons. The first-order valence-electron chi connectivity index (χ1n) is 7.26. The summed E-state index contributed by atoms with van der Waals surface area (Å²) in [5.74, 6) is -0.442. The second kappa shape index (κ2) is 7.69. The van der Waals surface area contributed by atoms with Crippen molar-refractivity contribution in [3.05, 3.63) is 51.7 Å². The number of nitrogens with zero attached hydrogens (tertiary/aromatic N) is 1.